The summed E-state index contributed by atoms with van der Waals surface area (Å²) in [7, 11) is 1.73. The smallest absolute Gasteiger partial charge is 0.135 e. The fourth-order valence-corrected chi connectivity index (χ4v) is 2.29. The summed E-state index contributed by atoms with van der Waals surface area (Å²) in [5.41, 5.74) is -0.891. The van der Waals surface area contributed by atoms with Gasteiger partial charge in [-0.1, -0.05) is 27.7 Å². The van der Waals surface area contributed by atoms with E-state index in [9.17, 15) is 4.79 Å². The van der Waals surface area contributed by atoms with Crippen molar-refractivity contribution in [1.29, 1.82) is 0 Å². The van der Waals surface area contributed by atoms with Gasteiger partial charge in [0.1, 0.15) is 5.78 Å². The average Bonchev–Trinajstić information content (AvgIpc) is 2.26. The molecule has 0 unspecified atom stereocenters. The van der Waals surface area contributed by atoms with Gasteiger partial charge in [0.2, 0.25) is 0 Å². The van der Waals surface area contributed by atoms with Crippen molar-refractivity contribution < 1.29 is 14.3 Å². The summed E-state index contributed by atoms with van der Waals surface area (Å²) in [5, 5.41) is 0. The Morgan fingerprint density at radius 1 is 0.952 bits per heavy atom. The fourth-order valence-electron chi connectivity index (χ4n) is 2.29. The summed E-state index contributed by atoms with van der Waals surface area (Å²) in [6, 6.07) is 0. The minimum Gasteiger partial charge on any atom is -0.379 e. The molecule has 0 aromatic carbocycles. The van der Waals surface area contributed by atoms with E-state index in [2.05, 4.69) is 41.5 Å². The normalized spacial score (nSPS) is 14.4. The molecule has 3 nitrogen and oxygen atoms in total. The molecule has 0 radical (unpaired) electrons. The van der Waals surface area contributed by atoms with Crippen LogP contribution in [-0.2, 0) is 14.3 Å². The Hall–Kier alpha value is -0.410. The van der Waals surface area contributed by atoms with Gasteiger partial charge in [-0.15, -0.1) is 0 Å². The zero-order valence-corrected chi connectivity index (χ0v) is 15.8. The molecule has 0 aromatic rings. The van der Waals surface area contributed by atoms with Gasteiger partial charge in [-0.25, -0.2) is 0 Å². The third kappa shape index (κ3) is 6.07. The maximum Gasteiger partial charge on any atom is 0.135 e. The molecule has 0 heterocycles. The summed E-state index contributed by atoms with van der Waals surface area (Å²) >= 11 is 0. The van der Waals surface area contributed by atoms with Crippen LogP contribution in [0.2, 0.25) is 0 Å². The first-order valence-electron chi connectivity index (χ1n) is 7.87. The molecule has 0 spiro atoms. The summed E-state index contributed by atoms with van der Waals surface area (Å²) in [5.74, 6) is 0.229. The molecule has 0 atom stereocenters. The highest BCUT2D eigenvalue weighted by Crippen LogP contribution is 2.43. The monoisotopic (exact) mass is 300 g/mol. The van der Waals surface area contributed by atoms with E-state index in [0.29, 0.717) is 6.61 Å². The lowest BCUT2D eigenvalue weighted by Crippen LogP contribution is -2.46. The lowest BCUT2D eigenvalue weighted by molar-refractivity contribution is -0.138. The van der Waals surface area contributed by atoms with Gasteiger partial charge in [-0.05, 0) is 52.9 Å². The van der Waals surface area contributed by atoms with Crippen LogP contribution in [0.5, 0.6) is 0 Å². The molecule has 126 valence electrons. The van der Waals surface area contributed by atoms with Crippen LogP contribution < -0.4 is 0 Å². The Morgan fingerprint density at radius 2 is 1.43 bits per heavy atom. The standard InChI is InChI=1S/C18H36O3/c1-14(19)15(2,3)13-16(4,5)18(8,9)21-12-11-17(6,7)20-10/h11-13H2,1-10H3. The van der Waals surface area contributed by atoms with Crippen molar-refractivity contribution in [1.82, 2.24) is 0 Å². The van der Waals surface area contributed by atoms with Crippen molar-refractivity contribution in [3.63, 3.8) is 0 Å². The molecular weight excluding hydrogens is 264 g/mol. The highest BCUT2D eigenvalue weighted by Gasteiger charge is 2.43. The van der Waals surface area contributed by atoms with Crippen molar-refractivity contribution in [2.75, 3.05) is 13.7 Å². The predicted molar refractivity (Wildman–Crippen MR) is 88.6 cm³/mol. The molecule has 0 bridgehead atoms. The van der Waals surface area contributed by atoms with Gasteiger partial charge in [0.15, 0.2) is 0 Å². The Labute approximate surface area is 131 Å². The summed E-state index contributed by atoms with van der Waals surface area (Å²) < 4.78 is 11.6. The van der Waals surface area contributed by atoms with Crippen LogP contribution in [0, 0.1) is 10.8 Å². The first-order valence-corrected chi connectivity index (χ1v) is 7.87. The average molecular weight is 300 g/mol. The van der Waals surface area contributed by atoms with Crippen molar-refractivity contribution in [2.24, 2.45) is 10.8 Å². The molecule has 0 N–H and O–H groups in total. The second kappa shape index (κ2) is 6.78. The largest absolute Gasteiger partial charge is 0.379 e. The van der Waals surface area contributed by atoms with E-state index in [-0.39, 0.29) is 27.8 Å². The van der Waals surface area contributed by atoms with Crippen LogP contribution in [0.3, 0.4) is 0 Å². The number of hydrogen-bond acceptors (Lipinski definition) is 3. The number of rotatable bonds is 9. The molecule has 0 saturated heterocycles. The first kappa shape index (κ1) is 20.6. The highest BCUT2D eigenvalue weighted by atomic mass is 16.5. The van der Waals surface area contributed by atoms with Crippen LogP contribution >= 0.6 is 0 Å². The molecule has 0 aliphatic carbocycles. The third-order valence-corrected chi connectivity index (χ3v) is 5.19. The van der Waals surface area contributed by atoms with Gasteiger partial charge >= 0.3 is 0 Å². The van der Waals surface area contributed by atoms with Crippen molar-refractivity contribution in [3.05, 3.63) is 0 Å². The van der Waals surface area contributed by atoms with Crippen molar-refractivity contribution in [2.45, 2.75) is 86.4 Å². The summed E-state index contributed by atoms with van der Waals surface area (Å²) in [6.07, 6.45) is 1.65. The third-order valence-electron chi connectivity index (χ3n) is 5.19. The molecule has 0 aliphatic rings. The van der Waals surface area contributed by atoms with E-state index in [0.717, 1.165) is 12.8 Å². The second-order valence-electron chi connectivity index (χ2n) is 8.57. The summed E-state index contributed by atoms with van der Waals surface area (Å²) in [6.45, 7) is 19.1. The number of carbonyl (C=O) groups is 1. The maximum absolute atomic E-state index is 11.8. The lowest BCUT2D eigenvalue weighted by Gasteiger charge is -2.45. The van der Waals surface area contributed by atoms with Crippen molar-refractivity contribution >= 4 is 5.78 Å². The fraction of sp³-hybridized carbons (Fsp3) is 0.944. The minimum atomic E-state index is -0.323. The maximum atomic E-state index is 11.8. The van der Waals surface area contributed by atoms with Crippen LogP contribution in [0.15, 0.2) is 0 Å². The number of carbonyl (C=O) groups excluding carboxylic acids is 1. The Balaban J connectivity index is 4.77. The van der Waals surface area contributed by atoms with Crippen LogP contribution in [0.25, 0.3) is 0 Å². The number of ketones is 1. The van der Waals surface area contributed by atoms with Crippen LogP contribution in [0.1, 0.15) is 75.2 Å². The molecule has 0 rings (SSSR count). The highest BCUT2D eigenvalue weighted by molar-refractivity contribution is 5.81. The van der Waals surface area contributed by atoms with E-state index < -0.39 is 0 Å². The van der Waals surface area contributed by atoms with Crippen molar-refractivity contribution in [3.8, 4) is 0 Å². The second-order valence-corrected chi connectivity index (χ2v) is 8.57. The van der Waals surface area contributed by atoms with Gasteiger partial charge in [0.25, 0.3) is 0 Å². The zero-order valence-electron chi connectivity index (χ0n) is 15.8. The molecule has 3 heteroatoms. The quantitative estimate of drug-likeness (QED) is 0.623. The number of hydrogen-bond donors (Lipinski definition) is 0. The number of ether oxygens (including phenoxy) is 2. The van der Waals surface area contributed by atoms with E-state index in [1.807, 2.05) is 13.8 Å². The molecule has 0 fully saturated rings. The number of methoxy groups -OCH3 is 1. The predicted octanol–water partition coefficient (Wildman–Crippen LogP) is 4.63. The van der Waals surface area contributed by atoms with Crippen LogP contribution in [-0.4, -0.2) is 30.7 Å². The molecular formula is C18H36O3. The lowest BCUT2D eigenvalue weighted by atomic mass is 9.66. The molecule has 0 aliphatic heterocycles. The van der Waals surface area contributed by atoms with Crippen LogP contribution in [0.4, 0.5) is 0 Å². The van der Waals surface area contributed by atoms with E-state index >= 15 is 0 Å². The SMILES string of the molecule is COC(C)(C)CCOC(C)(C)C(C)(C)CC(C)(C)C(C)=O. The zero-order chi connectivity index (χ0) is 17.1. The summed E-state index contributed by atoms with van der Waals surface area (Å²) in [4.78, 5) is 11.8. The molecule has 0 saturated carbocycles. The van der Waals surface area contributed by atoms with Gasteiger partial charge < -0.3 is 9.47 Å². The molecule has 0 aromatic heterocycles. The minimum absolute atomic E-state index is 0.0978. The topological polar surface area (TPSA) is 35.5 Å². The number of Topliss-reactive ketones (excluding diaryl/α,β-unsaturated/α-hetero) is 1. The van der Waals surface area contributed by atoms with E-state index in [4.69, 9.17) is 9.47 Å². The Bertz CT molecular complexity index is 351. The van der Waals surface area contributed by atoms with Gasteiger partial charge in [-0.2, -0.15) is 0 Å². The Morgan fingerprint density at radius 3 is 1.81 bits per heavy atom. The van der Waals surface area contributed by atoms with Gasteiger partial charge in [0, 0.05) is 12.5 Å². The van der Waals surface area contributed by atoms with Gasteiger partial charge in [-0.3, -0.25) is 4.79 Å². The Kier molecular flexibility index (Phi) is 6.65. The van der Waals surface area contributed by atoms with E-state index in [1.165, 1.54) is 0 Å². The molecule has 21 heavy (non-hydrogen) atoms. The first-order chi connectivity index (χ1) is 9.17. The van der Waals surface area contributed by atoms with Gasteiger partial charge in [0.05, 0.1) is 17.8 Å². The van der Waals surface area contributed by atoms with E-state index in [1.54, 1.807) is 14.0 Å². The molecule has 0 amide bonds.